The van der Waals surface area contributed by atoms with Gasteiger partial charge in [0.25, 0.3) is 10.0 Å². The molecule has 0 radical (unpaired) electrons. The number of aliphatic carboxylic acids is 1. The summed E-state index contributed by atoms with van der Waals surface area (Å²) in [6, 6.07) is 8.19. The topological polar surface area (TPSA) is 361 Å². The molecular weight excluding hydrogens is 1160 g/mol. The second-order valence-corrected chi connectivity index (χ2v) is 21.8. The fourth-order valence-corrected chi connectivity index (χ4v) is 7.97. The number of anilines is 1. The number of hydrogen-bond donors (Lipinski definition) is 7. The van der Waals surface area contributed by atoms with Crippen molar-refractivity contribution in [2.45, 2.75) is 76.7 Å². The van der Waals surface area contributed by atoms with Crippen LogP contribution in [-0.2, 0) is 24.8 Å². The van der Waals surface area contributed by atoms with Crippen LogP contribution in [0.5, 0.6) is 23.3 Å². The van der Waals surface area contributed by atoms with Crippen molar-refractivity contribution in [3.05, 3.63) is 102 Å². The molecule has 0 saturated carbocycles. The maximum absolute atomic E-state index is 12.3. The van der Waals surface area contributed by atoms with Gasteiger partial charge >= 0.3 is 42.9 Å². The number of rotatable bonds is 17. The van der Waals surface area contributed by atoms with Gasteiger partial charge in [-0.05, 0) is 50.6 Å². The van der Waals surface area contributed by atoms with Gasteiger partial charge in [0.2, 0.25) is 23.6 Å². The lowest BCUT2D eigenvalue weighted by Gasteiger charge is -2.13. The molecule has 5 aromatic rings. The molecule has 0 bridgehead atoms. The van der Waals surface area contributed by atoms with Gasteiger partial charge in [-0.2, -0.15) is 32.2 Å². The molecule has 0 aliphatic heterocycles. The maximum Gasteiger partial charge on any atom is 0.442 e. The average Bonchev–Trinajstić information content (AvgIpc) is 3.68. The summed E-state index contributed by atoms with van der Waals surface area (Å²) in [7, 11) is -6.48. The number of nitrogens with one attached hydrogen (secondary N) is 2. The molecule has 0 aliphatic carbocycles. The molecule has 3 aromatic carbocycles. The van der Waals surface area contributed by atoms with E-state index in [1.54, 1.807) is 11.4 Å². The van der Waals surface area contributed by atoms with Gasteiger partial charge in [-0.1, -0.05) is 79.3 Å². The van der Waals surface area contributed by atoms with E-state index in [4.69, 9.17) is 86.2 Å². The molecule has 2 unspecified atom stereocenters. The van der Waals surface area contributed by atoms with E-state index in [1.807, 2.05) is 34.6 Å². The minimum Gasteiger partial charge on any atom is -0.494 e. The smallest absolute Gasteiger partial charge is 0.442 e. The Bertz CT molecular complexity index is 3060. The van der Waals surface area contributed by atoms with E-state index < -0.39 is 94.5 Å². The van der Waals surface area contributed by atoms with Crippen LogP contribution >= 0.6 is 53.8 Å². The third-order valence-corrected chi connectivity index (χ3v) is 12.1. The van der Waals surface area contributed by atoms with E-state index in [-0.39, 0.29) is 50.5 Å². The summed E-state index contributed by atoms with van der Waals surface area (Å²) in [6.45, 7) is 3.83. The maximum atomic E-state index is 12.3. The zero-order chi connectivity index (χ0) is 58.2. The summed E-state index contributed by atoms with van der Waals surface area (Å²) >= 11 is 23.7. The molecule has 2 aromatic heterocycles. The number of halogens is 8. The summed E-state index contributed by atoms with van der Waals surface area (Å²) in [5.74, 6) is -6.52. The molecule has 0 aliphatic rings. The predicted molar refractivity (Wildman–Crippen MR) is 265 cm³/mol. The Morgan fingerprint density at radius 1 is 0.855 bits per heavy atom. The van der Waals surface area contributed by atoms with Gasteiger partial charge in [0.1, 0.15) is 22.3 Å². The summed E-state index contributed by atoms with van der Waals surface area (Å²) in [6.07, 6.45) is -0.0641. The highest BCUT2D eigenvalue weighted by atomic mass is 35.5. The fourth-order valence-electron chi connectivity index (χ4n) is 5.14. The Kier molecular flexibility index (Phi) is 24.7. The van der Waals surface area contributed by atoms with Crippen LogP contribution in [0.15, 0.2) is 68.7 Å². The van der Waals surface area contributed by atoms with Crippen molar-refractivity contribution in [1.82, 2.24) is 24.5 Å². The molecule has 418 valence electrons. The Morgan fingerprint density at radius 2 is 1.41 bits per heavy atom. The number of amides is 2. The Hall–Kier alpha value is -6.46. The number of benzene rings is 3. The van der Waals surface area contributed by atoms with Crippen LogP contribution in [0.1, 0.15) is 67.6 Å². The van der Waals surface area contributed by atoms with Crippen LogP contribution in [-0.4, -0.2) is 118 Å². The number of carboxylic acid groups (broad SMARTS) is 3. The molecule has 2 heterocycles. The number of aromatic nitrogens is 4. The Balaban J connectivity index is 0.000000375. The lowest BCUT2D eigenvalue weighted by Crippen LogP contribution is -2.35. The number of aromatic carboxylic acids is 2. The monoisotopic (exact) mass is 1200 g/mol. The van der Waals surface area contributed by atoms with Crippen molar-refractivity contribution in [2.75, 3.05) is 25.3 Å². The number of nitrogens with two attached hydrogens (primary N) is 1. The minimum atomic E-state index is -4.71. The van der Waals surface area contributed by atoms with Gasteiger partial charge in [-0.15, -0.1) is 5.10 Å². The van der Waals surface area contributed by atoms with E-state index in [1.165, 1.54) is 48.8 Å². The van der Waals surface area contributed by atoms with E-state index in [0.717, 1.165) is 16.8 Å². The largest absolute Gasteiger partial charge is 0.494 e. The van der Waals surface area contributed by atoms with Gasteiger partial charge in [0.15, 0.2) is 13.1 Å². The van der Waals surface area contributed by atoms with Crippen LogP contribution in [0.2, 0.25) is 20.1 Å². The molecule has 34 heteroatoms. The quantitative estimate of drug-likeness (QED) is 0.0339. The van der Waals surface area contributed by atoms with Crippen molar-refractivity contribution in [2.24, 2.45) is 5.73 Å². The van der Waals surface area contributed by atoms with E-state index in [2.05, 4.69) is 24.5 Å². The number of methoxy groups -OCH3 is 1. The predicted octanol–water partition coefficient (Wildman–Crippen LogP) is 8.49. The van der Waals surface area contributed by atoms with Crippen molar-refractivity contribution in [3.8, 4) is 28.9 Å². The second kappa shape index (κ2) is 28.6. The molecule has 2 amide bonds. The molecular formula is C42H46Cl4F4N7O17PS. The number of alkyl halides is 4. The van der Waals surface area contributed by atoms with Crippen LogP contribution < -0.4 is 40.5 Å². The van der Waals surface area contributed by atoms with Crippen molar-refractivity contribution < 1.29 is 93.3 Å². The van der Waals surface area contributed by atoms with Gasteiger partial charge in [0, 0.05) is 24.3 Å². The highest BCUT2D eigenvalue weighted by Crippen LogP contribution is 2.36. The fraction of sp³-hybridized carbons (Fsp3) is 0.333. The Labute approximate surface area is 448 Å². The molecule has 2 atom stereocenters. The number of urea groups is 1. The average molecular weight is 1200 g/mol. The van der Waals surface area contributed by atoms with Crippen LogP contribution in [0.3, 0.4) is 0 Å². The van der Waals surface area contributed by atoms with Crippen molar-refractivity contribution >= 4 is 93.7 Å². The zero-order valence-electron chi connectivity index (χ0n) is 40.3. The van der Waals surface area contributed by atoms with Gasteiger partial charge in [-0.25, -0.2) is 32.3 Å². The summed E-state index contributed by atoms with van der Waals surface area (Å²) in [4.78, 5) is 70.5. The molecule has 0 spiro atoms. The number of carbonyl (C=O) groups excluding carboxylic acids is 1. The Morgan fingerprint density at radius 3 is 1.86 bits per heavy atom. The minimum absolute atomic E-state index is 0.0412. The van der Waals surface area contributed by atoms with E-state index in [0.29, 0.717) is 28.4 Å². The number of ether oxygens (including phenoxy) is 4. The molecule has 8 N–H and O–H groups in total. The van der Waals surface area contributed by atoms with Gasteiger partial charge < -0.3 is 49.3 Å². The first-order chi connectivity index (χ1) is 35.0. The normalized spacial score (nSPS) is 12.3. The first-order valence-corrected chi connectivity index (χ1v) is 26.0. The van der Waals surface area contributed by atoms with E-state index in [9.17, 15) is 54.5 Å². The van der Waals surface area contributed by atoms with Gasteiger partial charge in [-0.3, -0.25) is 14.7 Å². The highest BCUT2D eigenvalue weighted by Gasteiger charge is 2.27. The molecule has 76 heavy (non-hydrogen) atoms. The molecule has 0 fully saturated rings. The first-order valence-electron chi connectivity index (χ1n) is 20.7. The lowest BCUT2D eigenvalue weighted by molar-refractivity contribution is -0.138. The third kappa shape index (κ3) is 21.3. The first kappa shape index (κ1) is 65.7. The van der Waals surface area contributed by atoms with Crippen molar-refractivity contribution in [3.63, 3.8) is 0 Å². The van der Waals surface area contributed by atoms with Crippen LogP contribution in [0.25, 0.3) is 5.69 Å². The summed E-state index contributed by atoms with van der Waals surface area (Å²) in [5, 5.41) is 33.0. The number of hydrogen-bond acceptors (Lipinski definition) is 17. The number of carbonyl (C=O) groups is 4. The number of carboxylic acids is 3. The number of nitrogens with zero attached hydrogens (tertiary/aromatic N) is 4. The molecule has 5 rings (SSSR count). The highest BCUT2D eigenvalue weighted by molar-refractivity contribution is 7.90. The molecule has 24 nitrogen and oxygen atoms in total. The molecule has 0 saturated heterocycles. The standard InChI is InChI=1S/C15H18Cl2N2O3.C14H10F4N4O7S.C8H6Cl2O3.C5H12NO4P/c1-8(2)21-12-7-11(9(16)6-10(12)17)19-14(20)22-13(18-19)15(3,4)5;15-11(16)28-8-5-9(29-12(17)18)20-13(19-8)21-14(25)22-30(26,27)7-4-2-1-3-6(7)10(23)24;1-13-7-5(10)3-2-4(9)6(7)8(11)12;1-11(9,10)3-2-4(6)5(7)8/h6-8H,1-5H3;1-5,11-12H,(H,23,24)(H2,19,20,21,22,25);2-3H,1H3,(H,11,12);4H,2-3,6H2,1H3,(H,7,8)(H,9,10). The van der Waals surface area contributed by atoms with Crippen LogP contribution in [0, 0.1) is 0 Å². The van der Waals surface area contributed by atoms with E-state index >= 15 is 0 Å². The van der Waals surface area contributed by atoms with Crippen LogP contribution in [0.4, 0.5) is 28.3 Å². The second-order valence-electron chi connectivity index (χ2n) is 16.0. The zero-order valence-corrected chi connectivity index (χ0v) is 45.0. The van der Waals surface area contributed by atoms with Crippen molar-refractivity contribution in [1.29, 1.82) is 0 Å². The number of sulfonamides is 1. The third-order valence-electron chi connectivity index (χ3n) is 8.39. The van der Waals surface area contributed by atoms with Gasteiger partial charge in [0.05, 0.1) is 50.6 Å². The summed E-state index contributed by atoms with van der Waals surface area (Å²) < 4.78 is 110. The lowest BCUT2D eigenvalue weighted by atomic mass is 9.97. The SMILES string of the molecule is CC(C)Oc1cc(-n2nc(C(C)(C)C)oc2=O)c(Cl)cc1Cl.COc1c(Cl)ccc(Cl)c1C(=O)O.CP(=O)(O)CCC(N)C(=O)O.O=C(Nc1nc(OC(F)F)cc(OC(F)F)n1)NS(=O)(=O)c1ccccc1C(=O)O. The summed E-state index contributed by atoms with van der Waals surface area (Å²) in [5.41, 5.74) is 4.31.